The number of halogens is 1. The third-order valence-corrected chi connectivity index (χ3v) is 7.46. The Labute approximate surface area is 179 Å². The summed E-state index contributed by atoms with van der Waals surface area (Å²) in [7, 11) is 0. The summed E-state index contributed by atoms with van der Waals surface area (Å²) in [6.07, 6.45) is 5.15. The number of benzene rings is 1. The Bertz CT molecular complexity index is 849. The first-order chi connectivity index (χ1) is 13.6. The van der Waals surface area contributed by atoms with Crippen molar-refractivity contribution in [1.29, 1.82) is 0 Å². The summed E-state index contributed by atoms with van der Waals surface area (Å²) in [5.74, 6) is 1.13. The topological polar surface area (TPSA) is 54.5 Å². The molecule has 2 aliphatic heterocycles. The first-order valence-corrected chi connectivity index (χ1v) is 11.3. The predicted molar refractivity (Wildman–Crippen MR) is 113 cm³/mol. The Kier molecular flexibility index (Phi) is 6.57. The number of carbonyl (C=O) groups is 1. The number of hydrogen-bond donors (Lipinski definition) is 1. The summed E-state index contributed by atoms with van der Waals surface area (Å²) in [6.45, 7) is 5.90. The van der Waals surface area contributed by atoms with Gasteiger partial charge in [0.05, 0.1) is 6.61 Å². The van der Waals surface area contributed by atoms with Crippen molar-refractivity contribution in [3.63, 3.8) is 0 Å². The van der Waals surface area contributed by atoms with E-state index < -0.39 is 0 Å². The number of nitrogens with one attached hydrogen (secondary N) is 1. The fourth-order valence-electron chi connectivity index (χ4n) is 4.17. The average molecular weight is 462 g/mol. The Morgan fingerprint density at radius 2 is 2.14 bits per heavy atom. The van der Waals surface area contributed by atoms with Gasteiger partial charge in [-0.3, -0.25) is 0 Å². The minimum absolute atomic E-state index is 0.0939. The van der Waals surface area contributed by atoms with Gasteiger partial charge < -0.3 is 4.74 Å². The van der Waals surface area contributed by atoms with Crippen LogP contribution in [0.25, 0.3) is 10.9 Å². The van der Waals surface area contributed by atoms with Crippen LogP contribution < -0.4 is 9.67 Å². The number of fused-ring (bicyclic) bond motifs is 1. The SMILES string of the molecule is O=C(NCC1CCN(CC2CCOC2)CC1)c1cc(Cl)c([As])c2cccnc12. The van der Waals surface area contributed by atoms with Crippen LogP contribution in [-0.2, 0) is 4.74 Å². The van der Waals surface area contributed by atoms with Crippen molar-refractivity contribution in [2.24, 2.45) is 11.8 Å². The van der Waals surface area contributed by atoms with Crippen molar-refractivity contribution >= 4 is 49.6 Å². The summed E-state index contributed by atoms with van der Waals surface area (Å²) < 4.78 is 6.38. The molecule has 0 aliphatic carbocycles. The number of rotatable bonds is 5. The zero-order valence-corrected chi connectivity index (χ0v) is 18.5. The second kappa shape index (κ2) is 9.13. The quantitative estimate of drug-likeness (QED) is 0.693. The Balaban J connectivity index is 1.33. The molecule has 1 aromatic carbocycles. The van der Waals surface area contributed by atoms with Gasteiger partial charge in [0, 0.05) is 6.61 Å². The van der Waals surface area contributed by atoms with Crippen molar-refractivity contribution in [2.45, 2.75) is 19.3 Å². The van der Waals surface area contributed by atoms with Crippen LogP contribution in [0.3, 0.4) is 0 Å². The van der Waals surface area contributed by atoms with Crippen LogP contribution >= 0.6 is 11.6 Å². The summed E-state index contributed by atoms with van der Waals surface area (Å²) in [5.41, 5.74) is 1.25. The molecule has 1 N–H and O–H groups in total. The van der Waals surface area contributed by atoms with Crippen molar-refractivity contribution in [3.05, 3.63) is 35.0 Å². The number of aromatic nitrogens is 1. The molecule has 0 bridgehead atoms. The van der Waals surface area contributed by atoms with Crippen molar-refractivity contribution in [2.75, 3.05) is 39.4 Å². The number of piperidine rings is 1. The molecule has 2 radical (unpaired) electrons. The number of hydrogen-bond acceptors (Lipinski definition) is 4. The van der Waals surface area contributed by atoms with Gasteiger partial charge in [0.2, 0.25) is 0 Å². The van der Waals surface area contributed by atoms with E-state index in [9.17, 15) is 4.79 Å². The second-order valence-electron chi connectivity index (χ2n) is 7.84. The molecule has 4 rings (SSSR count). The van der Waals surface area contributed by atoms with Crippen molar-refractivity contribution < 1.29 is 9.53 Å². The third kappa shape index (κ3) is 4.54. The maximum absolute atomic E-state index is 12.8. The van der Waals surface area contributed by atoms with E-state index >= 15 is 0 Å². The number of ether oxygens (including phenoxy) is 1. The van der Waals surface area contributed by atoms with Crippen LogP contribution in [0.2, 0.25) is 5.02 Å². The van der Waals surface area contributed by atoms with E-state index in [4.69, 9.17) is 16.3 Å². The van der Waals surface area contributed by atoms with Crippen LogP contribution in [-0.4, -0.2) is 72.0 Å². The molecule has 7 heteroatoms. The molecule has 2 aromatic rings. The molecule has 0 saturated carbocycles. The fourth-order valence-corrected chi connectivity index (χ4v) is 4.90. The van der Waals surface area contributed by atoms with Crippen molar-refractivity contribution in [1.82, 2.24) is 15.2 Å². The van der Waals surface area contributed by atoms with E-state index in [1.165, 1.54) is 6.42 Å². The summed E-state index contributed by atoms with van der Waals surface area (Å²) in [6, 6.07) is 5.54. The Hall–Kier alpha value is -1.13. The number of amides is 1. The van der Waals surface area contributed by atoms with Crippen LogP contribution in [0.1, 0.15) is 29.6 Å². The molecule has 5 nitrogen and oxygen atoms in total. The molecule has 148 valence electrons. The molecule has 0 spiro atoms. The van der Waals surface area contributed by atoms with Crippen molar-refractivity contribution in [3.8, 4) is 0 Å². The minimum atomic E-state index is -0.0939. The maximum atomic E-state index is 12.8. The molecular formula is C21H25AsClN3O2. The van der Waals surface area contributed by atoms with Crippen LogP contribution in [0.15, 0.2) is 24.4 Å². The van der Waals surface area contributed by atoms with Gasteiger partial charge in [0.25, 0.3) is 0 Å². The molecule has 28 heavy (non-hydrogen) atoms. The first-order valence-electron chi connectivity index (χ1n) is 9.96. The fraction of sp³-hybridized carbons (Fsp3) is 0.524. The number of likely N-dealkylation sites (tertiary alicyclic amines) is 1. The predicted octanol–water partition coefficient (Wildman–Crippen LogP) is 2.16. The first kappa shape index (κ1) is 20.2. The van der Waals surface area contributed by atoms with E-state index in [0.29, 0.717) is 34.5 Å². The van der Waals surface area contributed by atoms with Gasteiger partial charge in [0.1, 0.15) is 0 Å². The molecule has 1 amide bonds. The zero-order chi connectivity index (χ0) is 19.5. The Morgan fingerprint density at radius 1 is 1.32 bits per heavy atom. The number of carbonyl (C=O) groups excluding carboxylic acids is 1. The average Bonchev–Trinajstić information content (AvgIpc) is 3.23. The molecular weight excluding hydrogens is 437 g/mol. The monoisotopic (exact) mass is 461 g/mol. The zero-order valence-electron chi connectivity index (χ0n) is 15.9. The van der Waals surface area contributed by atoms with Gasteiger partial charge in [-0.05, 0) is 12.3 Å². The van der Waals surface area contributed by atoms with Gasteiger partial charge in [-0.15, -0.1) is 0 Å². The number of pyridine rings is 1. The van der Waals surface area contributed by atoms with Gasteiger partial charge in [-0.1, -0.05) is 0 Å². The van der Waals surface area contributed by atoms with E-state index in [1.54, 1.807) is 12.3 Å². The molecule has 2 aliphatic rings. The van der Waals surface area contributed by atoms with E-state index in [0.717, 1.165) is 55.4 Å². The van der Waals surface area contributed by atoms with Crippen LogP contribution in [0.4, 0.5) is 0 Å². The standard InChI is InChI=1S/C21H25AsClN3O2/c22-19-16-2-1-6-24-20(16)17(10-18(19)23)21(27)25-11-14-3-7-26(8-4-14)12-15-5-9-28-13-15/h1-2,6,10,14-15H,3-5,7-9,11-13H2,(H,25,27). The van der Waals surface area contributed by atoms with Gasteiger partial charge in [-0.2, -0.15) is 0 Å². The summed E-state index contributed by atoms with van der Waals surface area (Å²) in [5, 5.41) is 4.60. The van der Waals surface area contributed by atoms with Gasteiger partial charge in [-0.25, -0.2) is 0 Å². The van der Waals surface area contributed by atoms with Crippen LogP contribution in [0, 0.1) is 11.8 Å². The number of nitrogens with zero attached hydrogens (tertiary/aromatic N) is 2. The van der Waals surface area contributed by atoms with Gasteiger partial charge >= 0.3 is 150 Å². The summed E-state index contributed by atoms with van der Waals surface area (Å²) in [4.78, 5) is 19.8. The molecule has 1 unspecified atom stereocenters. The molecule has 2 fully saturated rings. The molecule has 1 aromatic heterocycles. The van der Waals surface area contributed by atoms with E-state index in [2.05, 4.69) is 32.1 Å². The van der Waals surface area contributed by atoms with E-state index in [-0.39, 0.29) is 5.91 Å². The molecule has 1 atom stereocenters. The normalized spacial score (nSPS) is 21.3. The second-order valence-corrected chi connectivity index (χ2v) is 9.18. The van der Waals surface area contributed by atoms with Gasteiger partial charge in [0.15, 0.2) is 0 Å². The van der Waals surface area contributed by atoms with E-state index in [1.807, 2.05) is 12.1 Å². The van der Waals surface area contributed by atoms with Crippen LogP contribution in [0.5, 0.6) is 0 Å². The molecule has 3 heterocycles. The Morgan fingerprint density at radius 3 is 2.89 bits per heavy atom. The molecule has 2 saturated heterocycles. The summed E-state index contributed by atoms with van der Waals surface area (Å²) >= 11 is 8.80. The third-order valence-electron chi connectivity index (χ3n) is 5.86.